The Labute approximate surface area is 81.0 Å². The van der Waals surface area contributed by atoms with Crippen LogP contribution in [-0.2, 0) is 6.42 Å². The van der Waals surface area contributed by atoms with Crippen molar-refractivity contribution in [2.75, 3.05) is 12.3 Å². The van der Waals surface area contributed by atoms with Gasteiger partial charge < -0.3 is 10.5 Å². The summed E-state index contributed by atoms with van der Waals surface area (Å²) in [6.07, 6.45) is 0.798. The van der Waals surface area contributed by atoms with Crippen LogP contribution in [0.2, 0.25) is 0 Å². The molecule has 0 aliphatic carbocycles. The topological polar surface area (TPSA) is 81.2 Å². The standard InChI is InChI=1S/C8H13N5O/c1-3-5-10-11-7-6(9)8(14-4-2)12-13(5)7/h12H,3-4,9H2,1-2H3. The Morgan fingerprint density at radius 1 is 1.43 bits per heavy atom. The molecule has 0 spiro atoms. The Bertz CT molecular complexity index is 444. The van der Waals surface area contributed by atoms with Crippen molar-refractivity contribution in [3.05, 3.63) is 5.82 Å². The average Bonchev–Trinajstić information content (AvgIpc) is 2.70. The van der Waals surface area contributed by atoms with Crippen LogP contribution in [0.15, 0.2) is 0 Å². The van der Waals surface area contributed by atoms with Gasteiger partial charge in [0, 0.05) is 6.42 Å². The first-order valence-corrected chi connectivity index (χ1v) is 4.62. The molecule has 2 rings (SSSR count). The van der Waals surface area contributed by atoms with Crippen molar-refractivity contribution in [2.45, 2.75) is 20.3 Å². The van der Waals surface area contributed by atoms with Gasteiger partial charge >= 0.3 is 0 Å². The summed E-state index contributed by atoms with van der Waals surface area (Å²) in [6, 6.07) is 0. The molecule has 14 heavy (non-hydrogen) atoms. The third-order valence-corrected chi connectivity index (χ3v) is 2.03. The fourth-order valence-corrected chi connectivity index (χ4v) is 1.36. The molecule has 2 heterocycles. The van der Waals surface area contributed by atoms with Gasteiger partial charge in [0.2, 0.25) is 11.5 Å². The van der Waals surface area contributed by atoms with E-state index in [-0.39, 0.29) is 0 Å². The normalized spacial score (nSPS) is 11.0. The van der Waals surface area contributed by atoms with Gasteiger partial charge in [-0.3, -0.25) is 5.10 Å². The molecule has 6 nitrogen and oxygen atoms in total. The fraction of sp³-hybridized carbons (Fsp3) is 0.500. The molecule has 0 aliphatic heterocycles. The van der Waals surface area contributed by atoms with Crippen molar-refractivity contribution in [1.82, 2.24) is 19.8 Å². The SMILES string of the molecule is CCOc1[nH]n2c(CC)nnc2c1N. The number of nitrogens with one attached hydrogen (secondary N) is 1. The molecule has 2 aromatic heterocycles. The molecule has 0 radical (unpaired) electrons. The number of H-pyrrole nitrogens is 1. The number of aromatic nitrogens is 4. The zero-order valence-electron chi connectivity index (χ0n) is 8.24. The number of ether oxygens (including phenoxy) is 1. The lowest BCUT2D eigenvalue weighted by Gasteiger charge is -1.98. The molecule has 2 aromatic rings. The molecular formula is C8H13N5O. The van der Waals surface area contributed by atoms with Crippen molar-refractivity contribution in [3.8, 4) is 5.88 Å². The van der Waals surface area contributed by atoms with E-state index < -0.39 is 0 Å². The molecule has 0 bridgehead atoms. The lowest BCUT2D eigenvalue weighted by atomic mass is 10.5. The van der Waals surface area contributed by atoms with Gasteiger partial charge in [0.25, 0.3) is 0 Å². The number of hydrogen-bond donors (Lipinski definition) is 2. The average molecular weight is 195 g/mol. The van der Waals surface area contributed by atoms with Crippen molar-refractivity contribution in [3.63, 3.8) is 0 Å². The van der Waals surface area contributed by atoms with Crippen LogP contribution in [0.4, 0.5) is 5.69 Å². The summed E-state index contributed by atoms with van der Waals surface area (Å²) in [5, 5.41) is 11.0. The maximum atomic E-state index is 5.81. The van der Waals surface area contributed by atoms with E-state index in [2.05, 4.69) is 15.3 Å². The summed E-state index contributed by atoms with van der Waals surface area (Å²) >= 11 is 0. The first-order chi connectivity index (χ1) is 6.77. The monoisotopic (exact) mass is 195 g/mol. The van der Waals surface area contributed by atoms with Gasteiger partial charge in [-0.15, -0.1) is 10.2 Å². The summed E-state index contributed by atoms with van der Waals surface area (Å²) < 4.78 is 7.06. The Morgan fingerprint density at radius 2 is 2.21 bits per heavy atom. The van der Waals surface area contributed by atoms with Crippen LogP contribution in [0.3, 0.4) is 0 Å². The number of fused-ring (bicyclic) bond motifs is 1. The number of anilines is 1. The van der Waals surface area contributed by atoms with Crippen molar-refractivity contribution >= 4 is 11.3 Å². The number of nitrogen functional groups attached to an aromatic ring is 1. The zero-order chi connectivity index (χ0) is 10.1. The number of aryl methyl sites for hydroxylation is 1. The Morgan fingerprint density at radius 3 is 2.86 bits per heavy atom. The number of hydrogen-bond acceptors (Lipinski definition) is 4. The van der Waals surface area contributed by atoms with E-state index in [0.29, 0.717) is 23.8 Å². The van der Waals surface area contributed by atoms with Crippen LogP contribution in [0.5, 0.6) is 5.88 Å². The summed E-state index contributed by atoms with van der Waals surface area (Å²) in [6.45, 7) is 4.48. The number of rotatable bonds is 3. The highest BCUT2D eigenvalue weighted by atomic mass is 16.5. The second-order valence-electron chi connectivity index (χ2n) is 2.92. The molecule has 0 saturated carbocycles. The van der Waals surface area contributed by atoms with Gasteiger partial charge in [-0.25, -0.2) is 4.52 Å². The highest BCUT2D eigenvalue weighted by Gasteiger charge is 2.14. The first-order valence-electron chi connectivity index (χ1n) is 4.62. The maximum Gasteiger partial charge on any atom is 0.234 e. The third-order valence-electron chi connectivity index (χ3n) is 2.03. The summed E-state index contributed by atoms with van der Waals surface area (Å²) in [4.78, 5) is 0. The van der Waals surface area contributed by atoms with Gasteiger partial charge in [0.1, 0.15) is 5.69 Å². The Kier molecular flexibility index (Phi) is 2.03. The van der Waals surface area contributed by atoms with Crippen molar-refractivity contribution < 1.29 is 4.74 Å². The highest BCUT2D eigenvalue weighted by molar-refractivity contribution is 5.70. The van der Waals surface area contributed by atoms with Crippen LogP contribution in [0, 0.1) is 0 Å². The molecule has 76 valence electrons. The molecular weight excluding hydrogens is 182 g/mol. The van der Waals surface area contributed by atoms with E-state index in [0.717, 1.165) is 12.2 Å². The molecule has 0 saturated heterocycles. The lowest BCUT2D eigenvalue weighted by molar-refractivity contribution is 0.326. The van der Waals surface area contributed by atoms with Gasteiger partial charge in [-0.05, 0) is 6.92 Å². The van der Waals surface area contributed by atoms with E-state index in [9.17, 15) is 0 Å². The second-order valence-corrected chi connectivity index (χ2v) is 2.92. The minimum Gasteiger partial charge on any atom is -0.477 e. The summed E-state index contributed by atoms with van der Waals surface area (Å²) in [5.41, 5.74) is 6.96. The Balaban J connectivity index is 2.56. The van der Waals surface area contributed by atoms with Gasteiger partial charge in [-0.1, -0.05) is 6.92 Å². The molecule has 0 aromatic carbocycles. The second kappa shape index (κ2) is 3.21. The van der Waals surface area contributed by atoms with E-state index in [4.69, 9.17) is 10.5 Å². The number of aromatic amines is 1. The predicted molar refractivity (Wildman–Crippen MR) is 52.3 cm³/mol. The quantitative estimate of drug-likeness (QED) is 0.751. The minimum atomic E-state index is 0.513. The molecule has 0 atom stereocenters. The van der Waals surface area contributed by atoms with E-state index >= 15 is 0 Å². The van der Waals surface area contributed by atoms with Gasteiger partial charge in [-0.2, -0.15) is 0 Å². The molecule has 6 heteroatoms. The zero-order valence-corrected chi connectivity index (χ0v) is 8.24. The highest BCUT2D eigenvalue weighted by Crippen LogP contribution is 2.24. The van der Waals surface area contributed by atoms with E-state index in [1.165, 1.54) is 0 Å². The molecule has 3 N–H and O–H groups in total. The van der Waals surface area contributed by atoms with Gasteiger partial charge in [0.15, 0.2) is 5.82 Å². The fourth-order valence-electron chi connectivity index (χ4n) is 1.36. The van der Waals surface area contributed by atoms with Crippen LogP contribution in [0.25, 0.3) is 5.65 Å². The maximum absolute atomic E-state index is 5.81. The minimum absolute atomic E-state index is 0.513. The van der Waals surface area contributed by atoms with E-state index in [1.807, 2.05) is 13.8 Å². The smallest absolute Gasteiger partial charge is 0.234 e. The Hall–Kier alpha value is -1.72. The molecule has 0 amide bonds. The largest absolute Gasteiger partial charge is 0.477 e. The summed E-state index contributed by atoms with van der Waals surface area (Å²) in [5.74, 6) is 1.41. The van der Waals surface area contributed by atoms with Crippen molar-refractivity contribution in [2.24, 2.45) is 0 Å². The van der Waals surface area contributed by atoms with Crippen molar-refractivity contribution in [1.29, 1.82) is 0 Å². The van der Waals surface area contributed by atoms with E-state index in [1.54, 1.807) is 4.52 Å². The number of nitrogens with two attached hydrogens (primary N) is 1. The third kappa shape index (κ3) is 1.11. The summed E-state index contributed by atoms with van der Waals surface area (Å²) in [7, 11) is 0. The van der Waals surface area contributed by atoms with Crippen LogP contribution in [0.1, 0.15) is 19.7 Å². The van der Waals surface area contributed by atoms with Gasteiger partial charge in [0.05, 0.1) is 6.61 Å². The predicted octanol–water partition coefficient (Wildman–Crippen LogP) is 0.601. The first kappa shape index (κ1) is 8.86. The van der Waals surface area contributed by atoms with Crippen LogP contribution >= 0.6 is 0 Å². The van der Waals surface area contributed by atoms with Crippen LogP contribution in [-0.4, -0.2) is 26.4 Å². The molecule has 0 aliphatic rings. The lowest BCUT2D eigenvalue weighted by Crippen LogP contribution is -1.97. The molecule has 0 unspecified atom stereocenters. The van der Waals surface area contributed by atoms with Crippen LogP contribution < -0.4 is 10.5 Å². The number of nitrogens with zero attached hydrogens (tertiary/aromatic N) is 3. The molecule has 0 fully saturated rings.